The second-order valence-electron chi connectivity index (χ2n) is 6.62. The summed E-state index contributed by atoms with van der Waals surface area (Å²) in [5.74, 6) is 1.40. The van der Waals surface area contributed by atoms with Gasteiger partial charge in [-0.15, -0.1) is 0 Å². The van der Waals surface area contributed by atoms with Crippen LogP contribution in [0.3, 0.4) is 0 Å². The van der Waals surface area contributed by atoms with Crippen molar-refractivity contribution in [3.63, 3.8) is 0 Å². The molecule has 0 aliphatic heterocycles. The molecule has 0 radical (unpaired) electrons. The van der Waals surface area contributed by atoms with Crippen LogP contribution in [-0.4, -0.2) is 17.2 Å². The molecule has 1 heterocycles. The Bertz CT molecular complexity index is 704. The van der Waals surface area contributed by atoms with Crippen molar-refractivity contribution < 1.29 is 14.1 Å². The van der Waals surface area contributed by atoms with Gasteiger partial charge in [0.2, 0.25) is 5.88 Å². The number of benzene rings is 1. The van der Waals surface area contributed by atoms with Crippen LogP contribution in [0.1, 0.15) is 56.4 Å². The molecule has 24 heavy (non-hydrogen) atoms. The minimum absolute atomic E-state index is 0.229. The molecule has 3 rings (SSSR count). The van der Waals surface area contributed by atoms with Crippen molar-refractivity contribution in [2.75, 3.05) is 5.32 Å². The maximum atomic E-state index is 12.4. The van der Waals surface area contributed by atoms with E-state index in [0.29, 0.717) is 17.6 Å². The summed E-state index contributed by atoms with van der Waals surface area (Å²) in [6, 6.07) is 7.85. The summed E-state index contributed by atoms with van der Waals surface area (Å²) in [6.45, 7) is 6.02. The molecule has 5 heteroatoms. The molecule has 1 aliphatic carbocycles. The van der Waals surface area contributed by atoms with Gasteiger partial charge < -0.3 is 9.26 Å². The molecule has 1 N–H and O–H groups in total. The van der Waals surface area contributed by atoms with Crippen molar-refractivity contribution >= 4 is 11.8 Å². The SMILES string of the molecule is CC(C)c1ccc(O[C@H](C)C(=O)Nc2onc3c2CCCC3)cc1. The molecule has 0 spiro atoms. The predicted octanol–water partition coefficient (Wildman–Crippen LogP) is 4.08. The minimum Gasteiger partial charge on any atom is -0.481 e. The lowest BCUT2D eigenvalue weighted by atomic mass is 9.98. The normalized spacial score (nSPS) is 15.0. The Kier molecular flexibility index (Phi) is 4.88. The van der Waals surface area contributed by atoms with Gasteiger partial charge in [-0.05, 0) is 56.2 Å². The molecule has 1 atom stereocenters. The molecule has 0 unspecified atom stereocenters. The molecule has 0 bridgehead atoms. The van der Waals surface area contributed by atoms with Gasteiger partial charge in [0.25, 0.3) is 5.91 Å². The molecule has 1 aromatic carbocycles. The Morgan fingerprint density at radius 1 is 1.17 bits per heavy atom. The van der Waals surface area contributed by atoms with Crippen molar-refractivity contribution in [1.29, 1.82) is 0 Å². The highest BCUT2D eigenvalue weighted by Crippen LogP contribution is 2.27. The van der Waals surface area contributed by atoms with Crippen molar-refractivity contribution in [2.45, 2.75) is 58.5 Å². The Hall–Kier alpha value is -2.30. The first-order chi connectivity index (χ1) is 11.5. The number of aryl methyl sites for hydroxylation is 1. The van der Waals surface area contributed by atoms with E-state index < -0.39 is 6.10 Å². The topological polar surface area (TPSA) is 64.4 Å². The Balaban J connectivity index is 1.61. The number of anilines is 1. The van der Waals surface area contributed by atoms with E-state index in [1.807, 2.05) is 24.3 Å². The van der Waals surface area contributed by atoms with Crippen LogP contribution in [0.25, 0.3) is 0 Å². The molecule has 0 saturated carbocycles. The molecule has 1 amide bonds. The highest BCUT2D eigenvalue weighted by atomic mass is 16.5. The van der Waals surface area contributed by atoms with Gasteiger partial charge in [0, 0.05) is 5.56 Å². The molecular weight excluding hydrogens is 304 g/mol. The van der Waals surface area contributed by atoms with E-state index in [0.717, 1.165) is 36.9 Å². The smallest absolute Gasteiger partial charge is 0.267 e. The van der Waals surface area contributed by atoms with E-state index >= 15 is 0 Å². The van der Waals surface area contributed by atoms with Gasteiger partial charge in [0.15, 0.2) is 6.10 Å². The number of ether oxygens (including phenoxy) is 1. The molecule has 0 saturated heterocycles. The highest BCUT2D eigenvalue weighted by molar-refractivity contribution is 5.93. The lowest BCUT2D eigenvalue weighted by Gasteiger charge is -2.15. The van der Waals surface area contributed by atoms with E-state index in [9.17, 15) is 4.79 Å². The average molecular weight is 328 g/mol. The largest absolute Gasteiger partial charge is 0.481 e. The average Bonchev–Trinajstić information content (AvgIpc) is 2.98. The third-order valence-electron chi connectivity index (χ3n) is 4.43. The maximum absolute atomic E-state index is 12.4. The number of aromatic nitrogens is 1. The van der Waals surface area contributed by atoms with Crippen LogP contribution in [-0.2, 0) is 17.6 Å². The standard InChI is InChI=1S/C19H24N2O3/c1-12(2)14-8-10-15(11-9-14)23-13(3)18(22)20-19-16-6-4-5-7-17(16)21-24-19/h8-13H,4-7H2,1-3H3,(H,20,22)/t13-/m1/s1. The van der Waals surface area contributed by atoms with E-state index in [2.05, 4.69) is 24.3 Å². The fraction of sp³-hybridized carbons (Fsp3) is 0.474. The van der Waals surface area contributed by atoms with Crippen LogP contribution in [0.4, 0.5) is 5.88 Å². The second-order valence-corrected chi connectivity index (χ2v) is 6.62. The molecule has 2 aromatic rings. The molecule has 128 valence electrons. The summed E-state index contributed by atoms with van der Waals surface area (Å²) in [5.41, 5.74) is 3.24. The predicted molar refractivity (Wildman–Crippen MR) is 92.4 cm³/mol. The second kappa shape index (κ2) is 7.07. The molecule has 5 nitrogen and oxygen atoms in total. The number of amides is 1. The number of carbonyl (C=O) groups is 1. The van der Waals surface area contributed by atoms with Crippen LogP contribution in [0, 0.1) is 0 Å². The van der Waals surface area contributed by atoms with Crippen molar-refractivity contribution in [2.24, 2.45) is 0 Å². The van der Waals surface area contributed by atoms with E-state index in [-0.39, 0.29) is 5.91 Å². The van der Waals surface area contributed by atoms with Gasteiger partial charge in [0.05, 0.1) is 5.69 Å². The molecule has 1 aromatic heterocycles. The Labute approximate surface area is 142 Å². The Morgan fingerprint density at radius 2 is 1.88 bits per heavy atom. The zero-order chi connectivity index (χ0) is 17.1. The number of nitrogens with zero attached hydrogens (tertiary/aromatic N) is 1. The summed E-state index contributed by atoms with van der Waals surface area (Å²) in [7, 11) is 0. The first-order valence-electron chi connectivity index (χ1n) is 8.59. The van der Waals surface area contributed by atoms with Crippen LogP contribution in [0.15, 0.2) is 28.8 Å². The van der Waals surface area contributed by atoms with Crippen molar-refractivity contribution in [1.82, 2.24) is 5.16 Å². The van der Waals surface area contributed by atoms with Crippen LogP contribution in [0.5, 0.6) is 5.75 Å². The van der Waals surface area contributed by atoms with E-state index in [4.69, 9.17) is 9.26 Å². The van der Waals surface area contributed by atoms with Crippen LogP contribution in [0.2, 0.25) is 0 Å². The summed E-state index contributed by atoms with van der Waals surface area (Å²) >= 11 is 0. The van der Waals surface area contributed by atoms with Crippen molar-refractivity contribution in [3.05, 3.63) is 41.1 Å². The lowest BCUT2D eigenvalue weighted by Crippen LogP contribution is -2.30. The minimum atomic E-state index is -0.612. The molecule has 1 aliphatic rings. The number of nitrogens with one attached hydrogen (secondary N) is 1. The van der Waals surface area contributed by atoms with Gasteiger partial charge in [-0.1, -0.05) is 31.1 Å². The van der Waals surface area contributed by atoms with Gasteiger partial charge >= 0.3 is 0 Å². The van der Waals surface area contributed by atoms with Gasteiger partial charge in [-0.25, -0.2) is 0 Å². The first kappa shape index (κ1) is 16.6. The molecular formula is C19H24N2O3. The fourth-order valence-corrected chi connectivity index (χ4v) is 2.89. The van der Waals surface area contributed by atoms with Crippen LogP contribution < -0.4 is 10.1 Å². The zero-order valence-electron chi connectivity index (χ0n) is 14.5. The third kappa shape index (κ3) is 3.61. The quantitative estimate of drug-likeness (QED) is 0.898. The maximum Gasteiger partial charge on any atom is 0.267 e. The number of rotatable bonds is 5. The van der Waals surface area contributed by atoms with E-state index in [1.54, 1.807) is 6.92 Å². The summed E-state index contributed by atoms with van der Waals surface area (Å²) in [6.07, 6.45) is 3.44. The number of hydrogen-bond donors (Lipinski definition) is 1. The van der Waals surface area contributed by atoms with Gasteiger partial charge in [-0.2, -0.15) is 0 Å². The number of hydrogen-bond acceptors (Lipinski definition) is 4. The van der Waals surface area contributed by atoms with E-state index in [1.165, 1.54) is 5.56 Å². The highest BCUT2D eigenvalue weighted by Gasteiger charge is 2.23. The monoisotopic (exact) mass is 328 g/mol. The van der Waals surface area contributed by atoms with Gasteiger partial charge in [-0.3, -0.25) is 10.1 Å². The van der Waals surface area contributed by atoms with Crippen LogP contribution >= 0.6 is 0 Å². The Morgan fingerprint density at radius 3 is 2.58 bits per heavy atom. The first-order valence-corrected chi connectivity index (χ1v) is 8.59. The summed E-state index contributed by atoms with van der Waals surface area (Å²) < 4.78 is 11.0. The number of carbonyl (C=O) groups excluding carboxylic acids is 1. The third-order valence-corrected chi connectivity index (χ3v) is 4.43. The summed E-state index contributed by atoms with van der Waals surface area (Å²) in [5, 5.41) is 6.86. The number of fused-ring (bicyclic) bond motifs is 1. The van der Waals surface area contributed by atoms with Gasteiger partial charge in [0.1, 0.15) is 5.75 Å². The molecule has 0 fully saturated rings. The zero-order valence-corrected chi connectivity index (χ0v) is 14.5. The van der Waals surface area contributed by atoms with Crippen molar-refractivity contribution in [3.8, 4) is 5.75 Å². The summed E-state index contributed by atoms with van der Waals surface area (Å²) in [4.78, 5) is 12.4. The fourth-order valence-electron chi connectivity index (χ4n) is 2.89. The lowest BCUT2D eigenvalue weighted by molar-refractivity contribution is -0.122.